The second-order valence-corrected chi connectivity index (χ2v) is 6.19. The van der Waals surface area contributed by atoms with Gasteiger partial charge in [0.15, 0.2) is 5.13 Å². The first kappa shape index (κ1) is 16.3. The highest BCUT2D eigenvalue weighted by atomic mass is 32.1. The zero-order valence-electron chi connectivity index (χ0n) is 12.6. The SMILES string of the molecule is COC(=O)Nc1nc2c(s1)CN(C(=O)c1ccc(F)cc1F)CC2. The van der Waals surface area contributed by atoms with Gasteiger partial charge < -0.3 is 9.64 Å². The molecule has 0 unspecified atom stereocenters. The fourth-order valence-electron chi connectivity index (χ4n) is 2.39. The summed E-state index contributed by atoms with van der Waals surface area (Å²) in [4.78, 5) is 30.2. The van der Waals surface area contributed by atoms with Crippen molar-refractivity contribution >= 4 is 28.5 Å². The van der Waals surface area contributed by atoms with E-state index < -0.39 is 23.6 Å². The van der Waals surface area contributed by atoms with Crippen molar-refractivity contribution in [1.29, 1.82) is 0 Å². The number of halogens is 2. The smallest absolute Gasteiger partial charge is 0.413 e. The summed E-state index contributed by atoms with van der Waals surface area (Å²) >= 11 is 1.23. The van der Waals surface area contributed by atoms with Crippen molar-refractivity contribution < 1.29 is 23.1 Å². The monoisotopic (exact) mass is 353 g/mol. The van der Waals surface area contributed by atoms with Crippen LogP contribution in [0.4, 0.5) is 18.7 Å². The molecule has 0 saturated carbocycles. The van der Waals surface area contributed by atoms with E-state index in [-0.39, 0.29) is 12.1 Å². The molecule has 0 fully saturated rings. The molecule has 1 N–H and O–H groups in total. The van der Waals surface area contributed by atoms with Gasteiger partial charge in [-0.25, -0.2) is 18.6 Å². The van der Waals surface area contributed by atoms with Crippen molar-refractivity contribution in [1.82, 2.24) is 9.88 Å². The molecule has 1 aromatic heterocycles. The lowest BCUT2D eigenvalue weighted by atomic mass is 10.1. The van der Waals surface area contributed by atoms with Gasteiger partial charge in [0.25, 0.3) is 5.91 Å². The van der Waals surface area contributed by atoms with E-state index in [1.54, 1.807) is 0 Å². The maximum atomic E-state index is 13.8. The van der Waals surface area contributed by atoms with Gasteiger partial charge in [-0.05, 0) is 12.1 Å². The number of nitrogens with zero attached hydrogens (tertiary/aromatic N) is 2. The molecule has 0 bridgehead atoms. The van der Waals surface area contributed by atoms with Gasteiger partial charge in [-0.3, -0.25) is 10.1 Å². The van der Waals surface area contributed by atoms with E-state index in [1.807, 2.05) is 0 Å². The largest absolute Gasteiger partial charge is 0.453 e. The Bertz CT molecular complexity index is 809. The normalized spacial score (nSPS) is 13.4. The number of carbonyl (C=O) groups is 2. The van der Waals surface area contributed by atoms with Gasteiger partial charge in [0, 0.05) is 23.9 Å². The Hall–Kier alpha value is -2.55. The van der Waals surface area contributed by atoms with E-state index in [2.05, 4.69) is 15.0 Å². The molecule has 0 saturated heterocycles. The molecule has 1 aromatic carbocycles. The summed E-state index contributed by atoms with van der Waals surface area (Å²) in [5.41, 5.74) is 0.618. The Labute approximate surface area is 140 Å². The van der Waals surface area contributed by atoms with Crippen LogP contribution in [0.1, 0.15) is 20.9 Å². The number of aromatic nitrogens is 1. The van der Waals surface area contributed by atoms with Crippen molar-refractivity contribution in [3.05, 3.63) is 46.0 Å². The number of hydrogen-bond donors (Lipinski definition) is 1. The van der Waals surface area contributed by atoms with Crippen molar-refractivity contribution in [3.63, 3.8) is 0 Å². The molecule has 1 aliphatic heterocycles. The van der Waals surface area contributed by atoms with E-state index in [9.17, 15) is 18.4 Å². The first-order valence-corrected chi connectivity index (χ1v) is 7.87. The van der Waals surface area contributed by atoms with Gasteiger partial charge in [0.05, 0.1) is 24.9 Å². The molecule has 2 amide bonds. The molecule has 3 rings (SSSR count). The molecule has 0 atom stereocenters. The maximum absolute atomic E-state index is 13.8. The molecule has 0 aliphatic carbocycles. The molecule has 126 valence electrons. The standard InChI is InChI=1S/C15H13F2N3O3S/c1-23-15(22)19-14-18-11-4-5-20(7-12(11)24-14)13(21)9-3-2-8(16)6-10(9)17/h2-3,6H,4-5,7H2,1H3,(H,18,19,22). The minimum Gasteiger partial charge on any atom is -0.453 e. The Morgan fingerprint density at radius 2 is 2.17 bits per heavy atom. The first-order chi connectivity index (χ1) is 11.5. The highest BCUT2D eigenvalue weighted by Crippen LogP contribution is 2.29. The fourth-order valence-corrected chi connectivity index (χ4v) is 3.40. The van der Waals surface area contributed by atoms with Crippen LogP contribution >= 0.6 is 11.3 Å². The number of methoxy groups -OCH3 is 1. The van der Waals surface area contributed by atoms with Crippen LogP contribution < -0.4 is 5.32 Å². The molecule has 1 aliphatic rings. The quantitative estimate of drug-likeness (QED) is 0.901. The van der Waals surface area contributed by atoms with Gasteiger partial charge in [-0.15, -0.1) is 0 Å². The van der Waals surface area contributed by atoms with Crippen molar-refractivity contribution in [2.24, 2.45) is 0 Å². The summed E-state index contributed by atoms with van der Waals surface area (Å²) in [6.07, 6.45) is -0.133. The molecule has 24 heavy (non-hydrogen) atoms. The third-order valence-electron chi connectivity index (χ3n) is 3.57. The number of amides is 2. The number of anilines is 1. The predicted octanol–water partition coefficient (Wildman–Crippen LogP) is 2.80. The van der Waals surface area contributed by atoms with Crippen LogP contribution in [0.25, 0.3) is 0 Å². The summed E-state index contributed by atoms with van der Waals surface area (Å²) in [5, 5.41) is 2.86. The van der Waals surface area contributed by atoms with Crippen LogP contribution in [0.5, 0.6) is 0 Å². The Morgan fingerprint density at radius 1 is 1.38 bits per heavy atom. The minimum atomic E-state index is -0.886. The van der Waals surface area contributed by atoms with Gasteiger partial charge >= 0.3 is 6.09 Å². The second-order valence-electron chi connectivity index (χ2n) is 5.11. The van der Waals surface area contributed by atoms with Crippen LogP contribution in [0.3, 0.4) is 0 Å². The highest BCUT2D eigenvalue weighted by Gasteiger charge is 2.27. The highest BCUT2D eigenvalue weighted by molar-refractivity contribution is 7.15. The molecular formula is C15H13F2N3O3S. The molecular weight excluding hydrogens is 340 g/mol. The molecule has 0 radical (unpaired) electrons. The van der Waals surface area contributed by atoms with E-state index >= 15 is 0 Å². The van der Waals surface area contributed by atoms with E-state index in [1.165, 1.54) is 23.3 Å². The van der Waals surface area contributed by atoms with Crippen molar-refractivity contribution in [3.8, 4) is 0 Å². The van der Waals surface area contributed by atoms with Crippen LogP contribution in [0.15, 0.2) is 18.2 Å². The Balaban J connectivity index is 1.77. The zero-order chi connectivity index (χ0) is 17.3. The molecule has 2 aromatic rings. The number of carbonyl (C=O) groups excluding carboxylic acids is 2. The van der Waals surface area contributed by atoms with Gasteiger partial charge in [0.2, 0.25) is 0 Å². The number of hydrogen-bond acceptors (Lipinski definition) is 5. The van der Waals surface area contributed by atoms with Gasteiger partial charge in [-0.2, -0.15) is 0 Å². The first-order valence-electron chi connectivity index (χ1n) is 7.06. The molecule has 6 nitrogen and oxygen atoms in total. The molecule has 0 spiro atoms. The van der Waals surface area contributed by atoms with E-state index in [0.29, 0.717) is 24.2 Å². The summed E-state index contributed by atoms with van der Waals surface area (Å²) in [6.45, 7) is 0.621. The average molecular weight is 353 g/mol. The van der Waals surface area contributed by atoms with Crippen LogP contribution in [0.2, 0.25) is 0 Å². The third kappa shape index (κ3) is 3.21. The summed E-state index contributed by atoms with van der Waals surface area (Å²) < 4.78 is 31.3. The second kappa shape index (κ2) is 6.52. The average Bonchev–Trinajstić information content (AvgIpc) is 2.95. The van der Waals surface area contributed by atoms with Gasteiger partial charge in [0.1, 0.15) is 11.6 Å². The van der Waals surface area contributed by atoms with E-state index in [4.69, 9.17) is 0 Å². The number of fused-ring (bicyclic) bond motifs is 1. The minimum absolute atomic E-state index is 0.169. The predicted molar refractivity (Wildman–Crippen MR) is 82.9 cm³/mol. The lowest BCUT2D eigenvalue weighted by Crippen LogP contribution is -2.36. The Morgan fingerprint density at radius 3 is 2.88 bits per heavy atom. The number of nitrogens with one attached hydrogen (secondary N) is 1. The van der Waals surface area contributed by atoms with Crippen molar-refractivity contribution in [2.45, 2.75) is 13.0 Å². The molecule has 9 heteroatoms. The summed E-state index contributed by atoms with van der Waals surface area (Å²) in [6, 6.07) is 2.88. The van der Waals surface area contributed by atoms with Crippen molar-refractivity contribution in [2.75, 3.05) is 19.0 Å². The Kier molecular flexibility index (Phi) is 4.43. The van der Waals surface area contributed by atoms with Crippen LogP contribution in [-0.4, -0.2) is 35.5 Å². The van der Waals surface area contributed by atoms with E-state index in [0.717, 1.165) is 22.7 Å². The lowest BCUT2D eigenvalue weighted by molar-refractivity contribution is 0.0731. The topological polar surface area (TPSA) is 71.5 Å². The molecule has 2 heterocycles. The number of rotatable bonds is 2. The van der Waals surface area contributed by atoms with Gasteiger partial charge in [-0.1, -0.05) is 11.3 Å². The number of ether oxygens (including phenoxy) is 1. The number of benzene rings is 1. The van der Waals surface area contributed by atoms with Crippen LogP contribution in [-0.2, 0) is 17.7 Å². The fraction of sp³-hybridized carbons (Fsp3) is 0.267. The zero-order valence-corrected chi connectivity index (χ0v) is 13.5. The maximum Gasteiger partial charge on any atom is 0.413 e. The van der Waals surface area contributed by atoms with Crippen LogP contribution in [0, 0.1) is 11.6 Å². The summed E-state index contributed by atoms with van der Waals surface area (Å²) in [7, 11) is 1.25. The number of thiazole rings is 1. The lowest BCUT2D eigenvalue weighted by Gasteiger charge is -2.26. The summed E-state index contributed by atoms with van der Waals surface area (Å²) in [5.74, 6) is -2.12. The third-order valence-corrected chi connectivity index (χ3v) is 4.57.